The summed E-state index contributed by atoms with van der Waals surface area (Å²) < 4.78 is 37.8. The Morgan fingerprint density at radius 1 is 1.44 bits per heavy atom. The quantitative estimate of drug-likeness (QED) is 0.615. The van der Waals surface area contributed by atoms with Gasteiger partial charge in [0.1, 0.15) is 0 Å². The molecule has 1 amide bonds. The van der Waals surface area contributed by atoms with E-state index < -0.39 is 23.2 Å². The lowest BCUT2D eigenvalue weighted by Crippen LogP contribution is -2.23. The van der Waals surface area contributed by atoms with Gasteiger partial charge < -0.3 is 0 Å². The zero-order chi connectivity index (χ0) is 12.3. The predicted octanol–water partition coefficient (Wildman–Crippen LogP) is 2.36. The Morgan fingerprint density at radius 2 is 2.06 bits per heavy atom. The fourth-order valence-electron chi connectivity index (χ4n) is 1.33. The van der Waals surface area contributed by atoms with Crippen LogP contribution in [0.4, 0.5) is 13.2 Å². The van der Waals surface area contributed by atoms with Crippen LogP contribution in [0.5, 0.6) is 0 Å². The number of hydrogen-bond donors (Lipinski definition) is 1. The smallest absolute Gasteiger partial charge is 0.267 e. The van der Waals surface area contributed by atoms with Crippen LogP contribution >= 0.6 is 0 Å². The largest absolute Gasteiger partial charge is 0.417 e. The van der Waals surface area contributed by atoms with Crippen LogP contribution in [0.1, 0.15) is 21.5 Å². The van der Waals surface area contributed by atoms with Crippen molar-refractivity contribution in [3.8, 4) is 0 Å². The van der Waals surface area contributed by atoms with Gasteiger partial charge in [0, 0.05) is 6.72 Å². The van der Waals surface area contributed by atoms with E-state index >= 15 is 0 Å². The van der Waals surface area contributed by atoms with E-state index in [1.807, 2.05) is 5.43 Å². The van der Waals surface area contributed by atoms with Crippen LogP contribution in [0, 0.1) is 6.92 Å². The Morgan fingerprint density at radius 3 is 2.56 bits per heavy atom. The summed E-state index contributed by atoms with van der Waals surface area (Å²) in [7, 11) is 0. The number of amides is 1. The summed E-state index contributed by atoms with van der Waals surface area (Å²) in [6.45, 7) is 4.41. The Balaban J connectivity index is 3.35. The highest BCUT2D eigenvalue weighted by Crippen LogP contribution is 2.33. The van der Waals surface area contributed by atoms with Crippen LogP contribution in [0.3, 0.4) is 0 Å². The molecule has 1 rings (SSSR count). The number of nitrogens with one attached hydrogen (secondary N) is 1. The van der Waals surface area contributed by atoms with Crippen LogP contribution < -0.4 is 5.43 Å². The number of hydrazone groups is 1. The van der Waals surface area contributed by atoms with Crippen LogP contribution in [0.15, 0.2) is 23.3 Å². The van der Waals surface area contributed by atoms with Crippen molar-refractivity contribution in [2.75, 3.05) is 0 Å². The first-order valence-electron chi connectivity index (χ1n) is 4.30. The van der Waals surface area contributed by atoms with Gasteiger partial charge in [-0.15, -0.1) is 0 Å². The molecule has 0 unspecified atom stereocenters. The van der Waals surface area contributed by atoms with Crippen molar-refractivity contribution in [1.82, 2.24) is 5.43 Å². The van der Waals surface area contributed by atoms with Crippen molar-refractivity contribution < 1.29 is 18.0 Å². The van der Waals surface area contributed by atoms with E-state index in [-0.39, 0.29) is 5.56 Å². The highest BCUT2D eigenvalue weighted by Gasteiger charge is 2.35. The van der Waals surface area contributed by atoms with Gasteiger partial charge in [-0.1, -0.05) is 12.1 Å². The minimum Gasteiger partial charge on any atom is -0.267 e. The van der Waals surface area contributed by atoms with Crippen LogP contribution in [0.25, 0.3) is 0 Å². The Kier molecular flexibility index (Phi) is 3.31. The third kappa shape index (κ3) is 2.39. The minimum absolute atomic E-state index is 0.232. The molecule has 0 aliphatic carbocycles. The molecule has 0 radical (unpaired) electrons. The first kappa shape index (κ1) is 12.2. The molecule has 1 aromatic carbocycles. The van der Waals surface area contributed by atoms with E-state index in [9.17, 15) is 18.0 Å². The highest BCUT2D eigenvalue weighted by atomic mass is 19.4. The second kappa shape index (κ2) is 4.34. The van der Waals surface area contributed by atoms with E-state index in [4.69, 9.17) is 0 Å². The molecule has 0 aromatic heterocycles. The number of aryl methyl sites for hydroxylation is 1. The number of hydrogen-bond acceptors (Lipinski definition) is 2. The Hall–Kier alpha value is -1.85. The molecule has 0 spiro atoms. The zero-order valence-electron chi connectivity index (χ0n) is 8.43. The minimum atomic E-state index is -4.57. The summed E-state index contributed by atoms with van der Waals surface area (Å²) in [6, 6.07) is 3.52. The molecule has 0 saturated carbocycles. The maximum atomic E-state index is 12.6. The van der Waals surface area contributed by atoms with Crippen molar-refractivity contribution in [2.45, 2.75) is 13.1 Å². The molecular weight excluding hydrogens is 221 g/mol. The second-order valence-electron chi connectivity index (χ2n) is 3.09. The molecule has 6 heteroatoms. The summed E-state index contributed by atoms with van der Waals surface area (Å²) in [5.74, 6) is -0.916. The van der Waals surface area contributed by atoms with Crippen molar-refractivity contribution in [2.24, 2.45) is 5.10 Å². The molecule has 0 aliphatic rings. The predicted molar refractivity (Wildman–Crippen MR) is 53.2 cm³/mol. The molecule has 0 fully saturated rings. The molecule has 86 valence electrons. The van der Waals surface area contributed by atoms with Gasteiger partial charge in [-0.05, 0) is 18.6 Å². The average molecular weight is 230 g/mol. The Labute approximate surface area is 90.0 Å². The van der Waals surface area contributed by atoms with Crippen molar-refractivity contribution in [1.29, 1.82) is 0 Å². The fraction of sp³-hybridized carbons (Fsp3) is 0.200. The molecule has 0 saturated heterocycles. The normalized spacial score (nSPS) is 11.0. The lowest BCUT2D eigenvalue weighted by atomic mass is 10.0. The molecule has 1 N–H and O–H groups in total. The standard InChI is InChI=1S/C10H9F3N2O/c1-6-4-3-5-7(10(11,12)13)8(6)9(16)15-14-2/h3-5H,2H2,1H3,(H,15,16). The molecule has 0 atom stereocenters. The molecule has 0 aliphatic heterocycles. The van der Waals surface area contributed by atoms with Crippen LogP contribution in [-0.2, 0) is 6.18 Å². The second-order valence-corrected chi connectivity index (χ2v) is 3.09. The van der Waals surface area contributed by atoms with E-state index in [0.717, 1.165) is 6.07 Å². The zero-order valence-corrected chi connectivity index (χ0v) is 8.43. The lowest BCUT2D eigenvalue weighted by Gasteiger charge is -2.13. The summed E-state index contributed by atoms with van der Waals surface area (Å²) in [6.07, 6.45) is -4.57. The first-order valence-corrected chi connectivity index (χ1v) is 4.30. The third-order valence-electron chi connectivity index (χ3n) is 1.99. The third-order valence-corrected chi connectivity index (χ3v) is 1.99. The maximum Gasteiger partial charge on any atom is 0.417 e. The number of nitrogens with zero attached hydrogens (tertiary/aromatic N) is 1. The van der Waals surface area contributed by atoms with Crippen molar-refractivity contribution in [3.63, 3.8) is 0 Å². The maximum absolute atomic E-state index is 12.6. The lowest BCUT2D eigenvalue weighted by molar-refractivity contribution is -0.138. The van der Waals surface area contributed by atoms with Gasteiger partial charge in [-0.2, -0.15) is 18.3 Å². The summed E-state index contributed by atoms with van der Waals surface area (Å²) in [4.78, 5) is 11.4. The van der Waals surface area contributed by atoms with E-state index in [1.54, 1.807) is 0 Å². The van der Waals surface area contributed by atoms with E-state index in [2.05, 4.69) is 11.8 Å². The molecule has 3 nitrogen and oxygen atoms in total. The van der Waals surface area contributed by atoms with Gasteiger partial charge in [0.25, 0.3) is 5.91 Å². The average Bonchev–Trinajstić information content (AvgIpc) is 2.16. The van der Waals surface area contributed by atoms with Gasteiger partial charge >= 0.3 is 6.18 Å². The van der Waals surface area contributed by atoms with Crippen molar-refractivity contribution in [3.05, 3.63) is 34.9 Å². The summed E-state index contributed by atoms with van der Waals surface area (Å²) >= 11 is 0. The van der Waals surface area contributed by atoms with Gasteiger partial charge in [0.05, 0.1) is 11.1 Å². The van der Waals surface area contributed by atoms with Crippen LogP contribution in [0.2, 0.25) is 0 Å². The van der Waals surface area contributed by atoms with Crippen LogP contribution in [-0.4, -0.2) is 12.6 Å². The van der Waals surface area contributed by atoms with Crippen molar-refractivity contribution >= 4 is 12.6 Å². The molecule has 0 bridgehead atoms. The molecular formula is C10H9F3N2O. The van der Waals surface area contributed by atoms with E-state index in [1.165, 1.54) is 19.1 Å². The monoisotopic (exact) mass is 230 g/mol. The van der Waals surface area contributed by atoms with Gasteiger partial charge in [-0.3, -0.25) is 4.79 Å². The number of benzene rings is 1. The highest BCUT2D eigenvalue weighted by molar-refractivity contribution is 5.97. The number of halogens is 3. The number of carbonyl (C=O) groups excluding carboxylic acids is 1. The van der Waals surface area contributed by atoms with Gasteiger partial charge in [0.2, 0.25) is 0 Å². The Bertz CT molecular complexity index is 427. The van der Waals surface area contributed by atoms with Gasteiger partial charge in [0.15, 0.2) is 0 Å². The summed E-state index contributed by atoms with van der Waals surface area (Å²) in [5, 5.41) is 3.06. The fourth-order valence-corrected chi connectivity index (χ4v) is 1.33. The topological polar surface area (TPSA) is 41.5 Å². The van der Waals surface area contributed by atoms with E-state index in [0.29, 0.717) is 0 Å². The number of rotatable bonds is 2. The van der Waals surface area contributed by atoms with Gasteiger partial charge in [-0.25, -0.2) is 5.43 Å². The first-order chi connectivity index (χ1) is 7.38. The number of carbonyl (C=O) groups is 1. The molecule has 0 heterocycles. The number of alkyl halides is 3. The molecule has 1 aromatic rings. The SMILES string of the molecule is C=NNC(=O)c1c(C)cccc1C(F)(F)F. The molecule has 16 heavy (non-hydrogen) atoms. The summed E-state index contributed by atoms with van der Waals surface area (Å²) in [5.41, 5.74) is 0.716.